The summed E-state index contributed by atoms with van der Waals surface area (Å²) in [6, 6.07) is 19.6. The van der Waals surface area contributed by atoms with Crippen LogP contribution in [-0.4, -0.2) is 23.6 Å². The molecule has 0 atom stereocenters. The van der Waals surface area contributed by atoms with E-state index in [9.17, 15) is 4.79 Å². The minimum atomic E-state index is -0.130. The standard InChI is InChI=1S/C18H18N2.C4H7NO/c1-2-6-14(7-3-1)18-15-8-4-5-9-16(15)20-13-12-19-11-10-17(18)20;5-4(6)3-1-2-3/h1-9,19H,10-13H2;3H,1-2H2,(H2,5,6). The van der Waals surface area contributed by atoms with Crippen molar-refractivity contribution in [2.45, 2.75) is 25.8 Å². The van der Waals surface area contributed by atoms with Gasteiger partial charge in [-0.1, -0.05) is 48.5 Å². The van der Waals surface area contributed by atoms with Gasteiger partial charge in [-0.15, -0.1) is 0 Å². The molecule has 1 aromatic heterocycles. The van der Waals surface area contributed by atoms with Gasteiger partial charge in [0.1, 0.15) is 0 Å². The van der Waals surface area contributed by atoms with E-state index >= 15 is 0 Å². The number of rotatable bonds is 2. The summed E-state index contributed by atoms with van der Waals surface area (Å²) >= 11 is 0. The molecule has 26 heavy (non-hydrogen) atoms. The van der Waals surface area contributed by atoms with Crippen molar-refractivity contribution in [3.63, 3.8) is 0 Å². The van der Waals surface area contributed by atoms with Crippen molar-refractivity contribution in [1.82, 2.24) is 9.88 Å². The van der Waals surface area contributed by atoms with Gasteiger partial charge >= 0.3 is 0 Å². The van der Waals surface area contributed by atoms with Crippen molar-refractivity contribution in [2.75, 3.05) is 13.1 Å². The lowest BCUT2D eigenvalue weighted by molar-refractivity contribution is -0.119. The molecule has 0 bridgehead atoms. The van der Waals surface area contributed by atoms with Crippen molar-refractivity contribution in [3.05, 3.63) is 60.3 Å². The maximum Gasteiger partial charge on any atom is 0.220 e. The number of nitrogens with zero attached hydrogens (tertiary/aromatic N) is 1. The Kier molecular flexibility index (Phi) is 4.76. The highest BCUT2D eigenvalue weighted by Gasteiger charge is 2.26. The molecule has 1 fully saturated rings. The minimum Gasteiger partial charge on any atom is -0.369 e. The molecular weight excluding hydrogens is 322 g/mol. The van der Waals surface area contributed by atoms with Gasteiger partial charge < -0.3 is 15.6 Å². The number of benzene rings is 2. The van der Waals surface area contributed by atoms with E-state index in [0.29, 0.717) is 0 Å². The molecule has 3 aromatic rings. The molecular formula is C22H25N3O. The first-order valence-corrected chi connectivity index (χ1v) is 9.41. The third-order valence-corrected chi connectivity index (χ3v) is 5.17. The summed E-state index contributed by atoms with van der Waals surface area (Å²) in [7, 11) is 0. The Hall–Kier alpha value is -2.59. The van der Waals surface area contributed by atoms with Crippen LogP contribution in [0.3, 0.4) is 0 Å². The summed E-state index contributed by atoms with van der Waals surface area (Å²) in [6.45, 7) is 3.18. The predicted molar refractivity (Wildman–Crippen MR) is 106 cm³/mol. The van der Waals surface area contributed by atoms with Gasteiger partial charge in [0.15, 0.2) is 0 Å². The van der Waals surface area contributed by atoms with Gasteiger partial charge in [0.05, 0.1) is 0 Å². The summed E-state index contributed by atoms with van der Waals surface area (Å²) in [5.74, 6) is 0.111. The zero-order valence-electron chi connectivity index (χ0n) is 14.9. The number of nitrogens with one attached hydrogen (secondary N) is 1. The maximum absolute atomic E-state index is 9.98. The number of carbonyl (C=O) groups is 1. The van der Waals surface area contributed by atoms with Crippen LogP contribution in [-0.2, 0) is 17.8 Å². The molecule has 5 rings (SSSR count). The van der Waals surface area contributed by atoms with Crippen LogP contribution in [0.1, 0.15) is 18.5 Å². The Morgan fingerprint density at radius 3 is 2.42 bits per heavy atom. The Bertz CT molecular complexity index is 910. The second kappa shape index (κ2) is 7.34. The third kappa shape index (κ3) is 3.37. The van der Waals surface area contributed by atoms with E-state index in [1.807, 2.05) is 0 Å². The number of carbonyl (C=O) groups excluding carboxylic acids is 1. The number of fused-ring (bicyclic) bond motifs is 3. The largest absolute Gasteiger partial charge is 0.369 e. The van der Waals surface area contributed by atoms with Gasteiger partial charge in [0.2, 0.25) is 5.91 Å². The van der Waals surface area contributed by atoms with Gasteiger partial charge in [-0.3, -0.25) is 4.79 Å². The molecule has 2 heterocycles. The average Bonchev–Trinajstić information content (AvgIpc) is 3.49. The van der Waals surface area contributed by atoms with Crippen LogP contribution >= 0.6 is 0 Å². The number of amides is 1. The highest BCUT2D eigenvalue weighted by Crippen LogP contribution is 2.35. The molecule has 1 aliphatic carbocycles. The smallest absolute Gasteiger partial charge is 0.220 e. The first kappa shape index (κ1) is 16.9. The van der Waals surface area contributed by atoms with Crippen LogP contribution in [0.15, 0.2) is 54.6 Å². The van der Waals surface area contributed by atoms with Crippen LogP contribution < -0.4 is 11.1 Å². The zero-order valence-corrected chi connectivity index (χ0v) is 14.9. The van der Waals surface area contributed by atoms with Gasteiger partial charge in [-0.2, -0.15) is 0 Å². The molecule has 3 N–H and O–H groups in total. The highest BCUT2D eigenvalue weighted by molar-refractivity contribution is 5.98. The Balaban J connectivity index is 0.000000240. The maximum atomic E-state index is 9.98. The van der Waals surface area contributed by atoms with Crippen LogP contribution in [0, 0.1) is 5.92 Å². The van der Waals surface area contributed by atoms with Crippen LogP contribution in [0.25, 0.3) is 22.0 Å². The van der Waals surface area contributed by atoms with Crippen molar-refractivity contribution in [3.8, 4) is 11.1 Å². The van der Waals surface area contributed by atoms with Crippen molar-refractivity contribution < 1.29 is 4.79 Å². The Morgan fingerprint density at radius 2 is 1.73 bits per heavy atom. The SMILES string of the molecule is NC(=O)C1CC1.c1ccc(-c2c3n(c4ccccc24)CCNCC3)cc1. The molecule has 2 aliphatic rings. The normalized spacial score (nSPS) is 16.3. The molecule has 0 spiro atoms. The molecule has 0 radical (unpaired) electrons. The number of nitrogens with two attached hydrogens (primary N) is 1. The van der Waals surface area contributed by atoms with Crippen molar-refractivity contribution in [2.24, 2.45) is 11.7 Å². The lowest BCUT2D eigenvalue weighted by Crippen LogP contribution is -2.17. The molecule has 2 aromatic carbocycles. The van der Waals surface area contributed by atoms with E-state index in [0.717, 1.165) is 38.9 Å². The monoisotopic (exact) mass is 347 g/mol. The summed E-state index contributed by atoms with van der Waals surface area (Å²) < 4.78 is 2.50. The molecule has 1 saturated carbocycles. The second-order valence-corrected chi connectivity index (χ2v) is 7.03. The minimum absolute atomic E-state index is 0.130. The summed E-state index contributed by atoms with van der Waals surface area (Å²) in [6.07, 6.45) is 3.14. The first-order chi connectivity index (χ1) is 12.8. The number of para-hydroxylation sites is 1. The van der Waals surface area contributed by atoms with E-state index in [2.05, 4.69) is 64.5 Å². The van der Waals surface area contributed by atoms with Gasteiger partial charge in [-0.05, 0) is 24.5 Å². The topological polar surface area (TPSA) is 60.1 Å². The van der Waals surface area contributed by atoms with E-state index < -0.39 is 0 Å². The van der Waals surface area contributed by atoms with Crippen LogP contribution in [0.2, 0.25) is 0 Å². The van der Waals surface area contributed by atoms with Crippen LogP contribution in [0.4, 0.5) is 0 Å². The van der Waals surface area contributed by atoms with E-state index in [1.165, 1.54) is 27.7 Å². The first-order valence-electron chi connectivity index (χ1n) is 9.41. The molecule has 134 valence electrons. The van der Waals surface area contributed by atoms with Gasteiger partial charge in [0.25, 0.3) is 0 Å². The number of aromatic nitrogens is 1. The van der Waals surface area contributed by atoms with E-state index in [4.69, 9.17) is 5.73 Å². The molecule has 0 saturated heterocycles. The second-order valence-electron chi connectivity index (χ2n) is 7.03. The number of hydrogen-bond acceptors (Lipinski definition) is 2. The number of primary amides is 1. The third-order valence-electron chi connectivity index (χ3n) is 5.17. The highest BCUT2D eigenvalue weighted by atomic mass is 16.1. The Morgan fingerprint density at radius 1 is 1.00 bits per heavy atom. The fraction of sp³-hybridized carbons (Fsp3) is 0.318. The van der Waals surface area contributed by atoms with E-state index in [1.54, 1.807) is 0 Å². The van der Waals surface area contributed by atoms with E-state index in [-0.39, 0.29) is 11.8 Å². The van der Waals surface area contributed by atoms with Gasteiger partial charge in [0, 0.05) is 54.1 Å². The quantitative estimate of drug-likeness (QED) is 0.747. The predicted octanol–water partition coefficient (Wildman–Crippen LogP) is 3.34. The lowest BCUT2D eigenvalue weighted by atomic mass is 10.0. The fourth-order valence-corrected chi connectivity index (χ4v) is 3.69. The summed E-state index contributed by atoms with van der Waals surface area (Å²) in [4.78, 5) is 9.98. The summed E-state index contributed by atoms with van der Waals surface area (Å²) in [5.41, 5.74) is 10.5. The van der Waals surface area contributed by atoms with Crippen molar-refractivity contribution >= 4 is 16.8 Å². The lowest BCUT2D eigenvalue weighted by Gasteiger charge is -2.07. The van der Waals surface area contributed by atoms with Crippen molar-refractivity contribution in [1.29, 1.82) is 0 Å². The zero-order chi connectivity index (χ0) is 17.9. The van der Waals surface area contributed by atoms with Crippen LogP contribution in [0.5, 0.6) is 0 Å². The Labute approximate surface area is 154 Å². The number of hydrogen-bond donors (Lipinski definition) is 2. The molecule has 1 amide bonds. The molecule has 1 aliphatic heterocycles. The molecule has 0 unspecified atom stereocenters. The summed E-state index contributed by atoms with van der Waals surface area (Å²) in [5, 5.41) is 4.89. The fourth-order valence-electron chi connectivity index (χ4n) is 3.69. The van der Waals surface area contributed by atoms with Gasteiger partial charge in [-0.25, -0.2) is 0 Å². The average molecular weight is 347 g/mol. The molecule has 4 nitrogen and oxygen atoms in total. The molecule has 4 heteroatoms.